The van der Waals surface area contributed by atoms with Crippen molar-refractivity contribution < 1.29 is 9.63 Å². The molecule has 176 valence electrons. The highest BCUT2D eigenvalue weighted by Crippen LogP contribution is 2.50. The molecule has 0 radical (unpaired) electrons. The molecule has 0 saturated heterocycles. The van der Waals surface area contributed by atoms with Gasteiger partial charge in [0, 0.05) is 31.1 Å². The largest absolute Gasteiger partial charge is 0.404 e. The van der Waals surface area contributed by atoms with Crippen molar-refractivity contribution in [3.05, 3.63) is 59.8 Å². The minimum atomic E-state index is -0.337. The second-order valence-corrected chi connectivity index (χ2v) is 9.40. The maximum atomic E-state index is 9.81. The zero-order chi connectivity index (χ0) is 23.6. The lowest BCUT2D eigenvalue weighted by Gasteiger charge is -2.31. The Morgan fingerprint density at radius 1 is 1.21 bits per heavy atom. The van der Waals surface area contributed by atoms with Gasteiger partial charge in [0.15, 0.2) is 5.82 Å². The van der Waals surface area contributed by atoms with Gasteiger partial charge < -0.3 is 26.0 Å². The van der Waals surface area contributed by atoms with Crippen LogP contribution in [0.4, 0.5) is 6.01 Å². The molecule has 1 aromatic carbocycles. The van der Waals surface area contributed by atoms with Crippen LogP contribution in [0.25, 0.3) is 5.57 Å². The van der Waals surface area contributed by atoms with Gasteiger partial charge >= 0.3 is 6.01 Å². The van der Waals surface area contributed by atoms with Gasteiger partial charge in [-0.15, -0.1) is 0 Å². The summed E-state index contributed by atoms with van der Waals surface area (Å²) in [6, 6.07) is 9.11. The Bertz CT molecular complexity index is 1030. The van der Waals surface area contributed by atoms with Gasteiger partial charge in [-0.1, -0.05) is 36.0 Å². The molecular formula is C25H34N6O2. The zero-order valence-corrected chi connectivity index (χ0v) is 19.4. The van der Waals surface area contributed by atoms with Crippen LogP contribution in [-0.4, -0.2) is 40.7 Å². The standard InChI is InChI=1S/C25H34N6O2/c1-16(27)28-15-18(14-26)17-4-6-19(7-5-17)25(2,20-8-9-20)23-29-24(33-30-23)31(3)21-10-12-22(32)13-11-21/h4-7,14-15,20-22,32H,1,8-13,26-27H2,2-3H3/b18-14+,28-15-. The summed E-state index contributed by atoms with van der Waals surface area (Å²) in [7, 11) is 2.00. The van der Waals surface area contributed by atoms with Crippen molar-refractivity contribution in [2.45, 2.75) is 63.0 Å². The Labute approximate surface area is 195 Å². The molecule has 2 saturated carbocycles. The normalized spacial score (nSPS) is 23.4. The average Bonchev–Trinajstić information content (AvgIpc) is 3.56. The van der Waals surface area contributed by atoms with Crippen molar-refractivity contribution in [2.75, 3.05) is 11.9 Å². The fraction of sp³-hybridized carbons (Fsp3) is 0.480. The van der Waals surface area contributed by atoms with Gasteiger partial charge in [0.05, 0.1) is 11.5 Å². The first-order valence-corrected chi connectivity index (χ1v) is 11.6. The summed E-state index contributed by atoms with van der Waals surface area (Å²) in [5, 5.41) is 14.2. The molecule has 5 N–H and O–H groups in total. The smallest absolute Gasteiger partial charge is 0.324 e. The Morgan fingerprint density at radius 2 is 1.88 bits per heavy atom. The fourth-order valence-corrected chi connectivity index (χ4v) is 4.75. The second-order valence-electron chi connectivity index (χ2n) is 9.40. The highest BCUT2D eigenvalue weighted by Gasteiger charge is 2.47. The SMILES string of the molecule is C=C(N)/N=C\C(=C/N)c1ccc(C(C)(c2noc(N(C)C3CCC(O)CC3)n2)C2CC2)cc1. The van der Waals surface area contributed by atoms with Crippen LogP contribution >= 0.6 is 0 Å². The first kappa shape index (κ1) is 23.0. The van der Waals surface area contributed by atoms with Crippen molar-refractivity contribution in [3.63, 3.8) is 0 Å². The molecule has 33 heavy (non-hydrogen) atoms. The first-order valence-electron chi connectivity index (χ1n) is 11.6. The second kappa shape index (κ2) is 9.39. The van der Waals surface area contributed by atoms with E-state index in [-0.39, 0.29) is 17.3 Å². The predicted octanol–water partition coefficient (Wildman–Crippen LogP) is 3.33. The van der Waals surface area contributed by atoms with E-state index in [1.807, 2.05) is 19.2 Å². The molecule has 2 aliphatic rings. The molecule has 2 aliphatic carbocycles. The Kier molecular flexibility index (Phi) is 6.56. The van der Waals surface area contributed by atoms with Crippen LogP contribution in [-0.2, 0) is 5.41 Å². The van der Waals surface area contributed by atoms with Gasteiger partial charge in [-0.2, -0.15) is 4.98 Å². The van der Waals surface area contributed by atoms with Gasteiger partial charge in [0.2, 0.25) is 0 Å². The van der Waals surface area contributed by atoms with Crippen LogP contribution in [0, 0.1) is 5.92 Å². The van der Waals surface area contributed by atoms with E-state index < -0.39 is 0 Å². The number of nitrogens with zero attached hydrogens (tertiary/aromatic N) is 4. The van der Waals surface area contributed by atoms with Gasteiger partial charge in [0.25, 0.3) is 0 Å². The van der Waals surface area contributed by atoms with Gasteiger partial charge in [0.1, 0.15) is 5.82 Å². The van der Waals surface area contributed by atoms with Crippen molar-refractivity contribution in [2.24, 2.45) is 22.4 Å². The first-order chi connectivity index (χ1) is 15.8. The number of anilines is 1. The number of aliphatic hydroxyl groups is 1. The maximum absolute atomic E-state index is 9.81. The van der Waals surface area contributed by atoms with Crippen LogP contribution < -0.4 is 16.4 Å². The van der Waals surface area contributed by atoms with Gasteiger partial charge in [-0.05, 0) is 62.5 Å². The van der Waals surface area contributed by atoms with Crippen LogP contribution in [0.2, 0.25) is 0 Å². The summed E-state index contributed by atoms with van der Waals surface area (Å²) in [6.45, 7) is 5.78. The molecule has 0 bridgehead atoms. The summed E-state index contributed by atoms with van der Waals surface area (Å²) >= 11 is 0. The number of aliphatic hydroxyl groups excluding tert-OH is 1. The number of aliphatic imine (C=N–C) groups is 1. The Hall–Kier alpha value is -3.13. The lowest BCUT2D eigenvalue weighted by Crippen LogP contribution is -2.36. The summed E-state index contributed by atoms with van der Waals surface area (Å²) in [5.74, 6) is 1.41. The molecule has 8 heteroatoms. The predicted molar refractivity (Wildman–Crippen MR) is 131 cm³/mol. The van der Waals surface area contributed by atoms with Crippen molar-refractivity contribution in [1.82, 2.24) is 10.1 Å². The third-order valence-corrected chi connectivity index (χ3v) is 7.16. The third-order valence-electron chi connectivity index (χ3n) is 7.16. The lowest BCUT2D eigenvalue weighted by atomic mass is 9.76. The summed E-state index contributed by atoms with van der Waals surface area (Å²) in [6.07, 6.45) is 8.68. The van der Waals surface area contributed by atoms with E-state index in [0.29, 0.717) is 23.8 Å². The van der Waals surface area contributed by atoms with Crippen LogP contribution in [0.5, 0.6) is 0 Å². The van der Waals surface area contributed by atoms with Crippen molar-refractivity contribution in [3.8, 4) is 0 Å². The molecule has 0 spiro atoms. The van der Waals surface area contributed by atoms with Crippen molar-refractivity contribution >= 4 is 17.8 Å². The molecule has 1 unspecified atom stereocenters. The summed E-state index contributed by atoms with van der Waals surface area (Å²) in [5.41, 5.74) is 13.8. The quantitative estimate of drug-likeness (QED) is 0.527. The fourth-order valence-electron chi connectivity index (χ4n) is 4.75. The molecule has 0 aliphatic heterocycles. The number of aromatic nitrogens is 2. The highest BCUT2D eigenvalue weighted by molar-refractivity contribution is 6.09. The van der Waals surface area contributed by atoms with E-state index in [0.717, 1.165) is 55.2 Å². The Morgan fingerprint density at radius 3 is 2.45 bits per heavy atom. The van der Waals surface area contributed by atoms with Crippen LogP contribution in [0.1, 0.15) is 62.4 Å². The summed E-state index contributed by atoms with van der Waals surface area (Å²) < 4.78 is 5.72. The number of allylic oxidation sites excluding steroid dienone is 1. The number of benzene rings is 1. The maximum Gasteiger partial charge on any atom is 0.324 e. The van der Waals surface area contributed by atoms with Gasteiger partial charge in [-0.3, -0.25) is 0 Å². The van der Waals surface area contributed by atoms with E-state index in [2.05, 4.69) is 40.7 Å². The molecule has 4 rings (SSSR count). The van der Waals surface area contributed by atoms with E-state index in [4.69, 9.17) is 21.0 Å². The van der Waals surface area contributed by atoms with Crippen molar-refractivity contribution in [1.29, 1.82) is 0 Å². The van der Waals surface area contributed by atoms with Gasteiger partial charge in [-0.25, -0.2) is 4.99 Å². The Balaban J connectivity index is 1.58. The molecule has 2 aromatic rings. The molecule has 0 amide bonds. The van der Waals surface area contributed by atoms with E-state index >= 15 is 0 Å². The third kappa shape index (κ3) is 4.80. The van der Waals surface area contributed by atoms with Crippen LogP contribution in [0.15, 0.2) is 52.4 Å². The van der Waals surface area contributed by atoms with E-state index in [1.54, 1.807) is 6.21 Å². The number of hydrogen-bond donors (Lipinski definition) is 3. The van der Waals surface area contributed by atoms with E-state index in [1.165, 1.54) is 6.20 Å². The highest BCUT2D eigenvalue weighted by atomic mass is 16.5. The van der Waals surface area contributed by atoms with Crippen LogP contribution in [0.3, 0.4) is 0 Å². The molecular weight excluding hydrogens is 416 g/mol. The zero-order valence-electron chi connectivity index (χ0n) is 19.4. The number of nitrogens with two attached hydrogens (primary N) is 2. The topological polar surface area (TPSA) is 127 Å². The molecule has 1 atom stereocenters. The molecule has 2 fully saturated rings. The summed E-state index contributed by atoms with van der Waals surface area (Å²) in [4.78, 5) is 11.0. The average molecular weight is 451 g/mol. The van der Waals surface area contributed by atoms with E-state index in [9.17, 15) is 5.11 Å². The minimum Gasteiger partial charge on any atom is -0.404 e. The molecule has 1 aromatic heterocycles. The number of hydrogen-bond acceptors (Lipinski definition) is 8. The molecule has 8 nitrogen and oxygen atoms in total. The minimum absolute atomic E-state index is 0.191. The monoisotopic (exact) mass is 450 g/mol. The number of rotatable bonds is 8. The molecule has 1 heterocycles. The lowest BCUT2D eigenvalue weighted by molar-refractivity contribution is 0.121.